The molecule has 0 saturated heterocycles. The smallest absolute Gasteiger partial charge is 0.264 e. The molecule has 5 heteroatoms. The van der Waals surface area contributed by atoms with Crippen molar-refractivity contribution < 1.29 is 12.8 Å². The molecule has 0 N–H and O–H groups in total. The summed E-state index contributed by atoms with van der Waals surface area (Å²) < 4.78 is 33.8. The fraction of sp³-hybridized carbons (Fsp3) is 0.143. The largest absolute Gasteiger partial charge is 0.464 e. The van der Waals surface area contributed by atoms with Gasteiger partial charge >= 0.3 is 0 Å². The maximum absolute atomic E-state index is 13.3. The molecule has 0 unspecified atom stereocenters. The average molecular weight is 363 g/mol. The van der Waals surface area contributed by atoms with E-state index in [1.165, 1.54) is 4.31 Å². The van der Waals surface area contributed by atoms with E-state index in [-0.39, 0.29) is 0 Å². The fourth-order valence-electron chi connectivity index (χ4n) is 3.85. The first kappa shape index (κ1) is 15.5. The molecule has 4 nitrogen and oxygen atoms in total. The molecule has 0 aliphatic carbocycles. The third-order valence-electron chi connectivity index (χ3n) is 5.16. The molecule has 3 aromatic carbocycles. The van der Waals surface area contributed by atoms with E-state index in [1.807, 2.05) is 44.2 Å². The summed E-state index contributed by atoms with van der Waals surface area (Å²) in [5.74, 6) is 0. The summed E-state index contributed by atoms with van der Waals surface area (Å²) in [4.78, 5) is 0.316. The van der Waals surface area contributed by atoms with Crippen LogP contribution in [-0.2, 0) is 16.6 Å². The second kappa shape index (κ2) is 5.11. The van der Waals surface area contributed by atoms with Gasteiger partial charge in [0.1, 0.15) is 5.58 Å². The number of benzene rings is 3. The average Bonchev–Trinajstić information content (AvgIpc) is 3.23. The lowest BCUT2D eigenvalue weighted by atomic mass is 10.00. The number of nitrogens with zero attached hydrogens (tertiary/aromatic N) is 1. The first-order chi connectivity index (χ1) is 12.5. The van der Waals surface area contributed by atoms with Crippen LogP contribution in [0.5, 0.6) is 0 Å². The van der Waals surface area contributed by atoms with Gasteiger partial charge in [0.25, 0.3) is 10.0 Å². The monoisotopic (exact) mass is 363 g/mol. The minimum Gasteiger partial charge on any atom is -0.464 e. The Morgan fingerprint density at radius 2 is 1.73 bits per heavy atom. The second-order valence-electron chi connectivity index (χ2n) is 6.85. The molecule has 0 bridgehead atoms. The van der Waals surface area contributed by atoms with Gasteiger partial charge in [-0.3, -0.25) is 4.31 Å². The zero-order chi connectivity index (χ0) is 18.1. The van der Waals surface area contributed by atoms with Crippen LogP contribution in [0, 0.1) is 13.8 Å². The predicted molar refractivity (Wildman–Crippen MR) is 103 cm³/mol. The van der Waals surface area contributed by atoms with Gasteiger partial charge in [0, 0.05) is 10.8 Å². The van der Waals surface area contributed by atoms with E-state index in [0.29, 0.717) is 11.4 Å². The van der Waals surface area contributed by atoms with Crippen molar-refractivity contribution in [3.8, 4) is 0 Å². The van der Waals surface area contributed by atoms with Crippen LogP contribution in [0.1, 0.15) is 16.7 Å². The van der Waals surface area contributed by atoms with Crippen LogP contribution in [0.15, 0.2) is 64.1 Å². The molecule has 0 spiro atoms. The lowest BCUT2D eigenvalue weighted by Crippen LogP contribution is -2.28. The van der Waals surface area contributed by atoms with Crippen molar-refractivity contribution in [1.82, 2.24) is 0 Å². The molecule has 26 heavy (non-hydrogen) atoms. The zero-order valence-corrected chi connectivity index (χ0v) is 15.3. The van der Waals surface area contributed by atoms with E-state index in [4.69, 9.17) is 4.42 Å². The summed E-state index contributed by atoms with van der Waals surface area (Å²) in [6, 6.07) is 14.9. The number of hydrogen-bond donors (Lipinski definition) is 0. The quantitative estimate of drug-likeness (QED) is 0.508. The summed E-state index contributed by atoms with van der Waals surface area (Å²) in [7, 11) is -3.63. The number of anilines is 1. The molecule has 4 aromatic rings. The second-order valence-corrected chi connectivity index (χ2v) is 8.71. The van der Waals surface area contributed by atoms with Gasteiger partial charge in [-0.2, -0.15) is 0 Å². The lowest BCUT2D eigenvalue weighted by Gasteiger charge is -2.21. The molecule has 1 aromatic heterocycles. The summed E-state index contributed by atoms with van der Waals surface area (Å²) in [6.07, 6.45) is 1.68. The summed E-state index contributed by atoms with van der Waals surface area (Å²) in [5, 5.41) is 3.06. The van der Waals surface area contributed by atoms with Crippen molar-refractivity contribution in [2.45, 2.75) is 25.3 Å². The van der Waals surface area contributed by atoms with Crippen molar-refractivity contribution in [2.24, 2.45) is 0 Å². The number of fused-ring (bicyclic) bond motifs is 2. The standard InChI is InChI=1S/C21H17NO3S/c1-13-3-6-16(7-4-13)26(23,24)22-12-15-11-19-17(9-10-25-19)18-8-5-14(2)21(22)20(15)18/h3-11H,12H2,1-2H3. The molecule has 130 valence electrons. The fourth-order valence-corrected chi connectivity index (χ4v) is 5.37. The van der Waals surface area contributed by atoms with Gasteiger partial charge in [-0.15, -0.1) is 0 Å². The van der Waals surface area contributed by atoms with Gasteiger partial charge < -0.3 is 4.42 Å². The minimum atomic E-state index is -3.63. The van der Waals surface area contributed by atoms with Crippen LogP contribution in [0.2, 0.25) is 0 Å². The Labute approximate surface area is 151 Å². The van der Waals surface area contributed by atoms with Gasteiger partial charge in [0.2, 0.25) is 0 Å². The highest BCUT2D eigenvalue weighted by Crippen LogP contribution is 2.45. The first-order valence-electron chi connectivity index (χ1n) is 8.48. The maximum Gasteiger partial charge on any atom is 0.264 e. The molecule has 0 fully saturated rings. The number of aryl methyl sites for hydroxylation is 2. The lowest BCUT2D eigenvalue weighted by molar-refractivity contribution is 0.591. The number of rotatable bonds is 2. The third kappa shape index (κ3) is 1.98. The predicted octanol–water partition coefficient (Wildman–Crippen LogP) is 4.91. The van der Waals surface area contributed by atoms with Crippen LogP contribution in [0.3, 0.4) is 0 Å². The van der Waals surface area contributed by atoms with Crippen molar-refractivity contribution >= 4 is 37.5 Å². The molecule has 0 radical (unpaired) electrons. The van der Waals surface area contributed by atoms with E-state index in [9.17, 15) is 8.42 Å². The Balaban J connectivity index is 1.79. The van der Waals surface area contributed by atoms with Crippen molar-refractivity contribution in [1.29, 1.82) is 0 Å². The molecule has 0 amide bonds. The Morgan fingerprint density at radius 1 is 0.962 bits per heavy atom. The van der Waals surface area contributed by atoms with Gasteiger partial charge in [-0.05, 0) is 54.6 Å². The number of sulfonamides is 1. The summed E-state index contributed by atoms with van der Waals surface area (Å²) in [5.41, 5.74) is 4.54. The molecule has 1 aliphatic rings. The molecule has 5 rings (SSSR count). The van der Waals surface area contributed by atoms with E-state index in [0.717, 1.165) is 44.1 Å². The van der Waals surface area contributed by atoms with Crippen molar-refractivity contribution in [3.63, 3.8) is 0 Å². The molecule has 1 aliphatic heterocycles. The van der Waals surface area contributed by atoms with Crippen LogP contribution >= 0.6 is 0 Å². The zero-order valence-electron chi connectivity index (χ0n) is 14.5. The molecular weight excluding hydrogens is 346 g/mol. The van der Waals surface area contributed by atoms with E-state index >= 15 is 0 Å². The van der Waals surface area contributed by atoms with E-state index < -0.39 is 10.0 Å². The maximum atomic E-state index is 13.3. The minimum absolute atomic E-state index is 0.316. The van der Waals surface area contributed by atoms with Crippen LogP contribution in [0.4, 0.5) is 5.69 Å². The van der Waals surface area contributed by atoms with Gasteiger partial charge in [0.05, 0.1) is 23.4 Å². The van der Waals surface area contributed by atoms with Crippen molar-refractivity contribution in [3.05, 3.63) is 71.5 Å². The summed E-state index contributed by atoms with van der Waals surface area (Å²) in [6.45, 7) is 4.23. The Kier molecular flexibility index (Phi) is 3.04. The highest BCUT2D eigenvalue weighted by atomic mass is 32.2. The molecule has 0 saturated carbocycles. The van der Waals surface area contributed by atoms with Gasteiger partial charge in [0.15, 0.2) is 0 Å². The van der Waals surface area contributed by atoms with Crippen LogP contribution in [-0.4, -0.2) is 8.42 Å². The molecular formula is C21H17NO3S. The highest BCUT2D eigenvalue weighted by molar-refractivity contribution is 7.92. The highest BCUT2D eigenvalue weighted by Gasteiger charge is 2.34. The molecule has 2 heterocycles. The molecule has 0 atom stereocenters. The SMILES string of the molecule is Cc1ccc(S(=O)(=O)N2Cc3cc4occc4c4ccc(C)c2c34)cc1. The van der Waals surface area contributed by atoms with Crippen LogP contribution in [0.25, 0.3) is 21.7 Å². The normalized spacial score (nSPS) is 13.8. The Morgan fingerprint density at radius 3 is 2.50 bits per heavy atom. The van der Waals surface area contributed by atoms with Gasteiger partial charge in [-0.1, -0.05) is 29.8 Å². The third-order valence-corrected chi connectivity index (χ3v) is 6.92. The van der Waals surface area contributed by atoms with E-state index in [2.05, 4.69) is 6.07 Å². The Hall–Kier alpha value is -2.79. The number of hydrogen-bond acceptors (Lipinski definition) is 3. The van der Waals surface area contributed by atoms with Gasteiger partial charge in [-0.25, -0.2) is 8.42 Å². The Bertz CT molecular complexity index is 1280. The first-order valence-corrected chi connectivity index (χ1v) is 9.92. The van der Waals surface area contributed by atoms with E-state index in [1.54, 1.807) is 18.4 Å². The van der Waals surface area contributed by atoms with Crippen LogP contribution < -0.4 is 4.31 Å². The number of furan rings is 1. The topological polar surface area (TPSA) is 50.5 Å². The summed E-state index contributed by atoms with van der Waals surface area (Å²) >= 11 is 0. The van der Waals surface area contributed by atoms with Crippen molar-refractivity contribution in [2.75, 3.05) is 4.31 Å².